The third-order valence-electron chi connectivity index (χ3n) is 6.24. The van der Waals surface area contributed by atoms with E-state index in [1.165, 1.54) is 6.20 Å². The minimum atomic E-state index is -0.773. The zero-order chi connectivity index (χ0) is 24.1. The predicted molar refractivity (Wildman–Crippen MR) is 127 cm³/mol. The smallest absolute Gasteiger partial charge is 0.410 e. The quantitative estimate of drug-likeness (QED) is 0.516. The normalized spacial score (nSPS) is 19.6. The molecule has 34 heavy (non-hydrogen) atoms. The molecule has 0 bridgehead atoms. The summed E-state index contributed by atoms with van der Waals surface area (Å²) in [4.78, 5) is 41.4. The SMILES string of the molecule is O=C(O)CC1CCC(OC(=O)N2CCc3cc(NC(=O)Nc4ccc(Cl)nc4)ccc3C2)CC1. The molecule has 0 saturated heterocycles. The van der Waals surface area contributed by atoms with Gasteiger partial charge in [0.1, 0.15) is 11.3 Å². The molecule has 1 saturated carbocycles. The molecule has 1 aromatic heterocycles. The van der Waals surface area contributed by atoms with Crippen molar-refractivity contribution in [2.45, 2.75) is 51.2 Å². The second kappa shape index (κ2) is 10.7. The van der Waals surface area contributed by atoms with E-state index in [0.29, 0.717) is 48.9 Å². The Morgan fingerprint density at radius 3 is 2.50 bits per heavy atom. The summed E-state index contributed by atoms with van der Waals surface area (Å²) in [5.41, 5.74) is 3.28. The van der Waals surface area contributed by atoms with Gasteiger partial charge < -0.3 is 25.4 Å². The minimum Gasteiger partial charge on any atom is -0.481 e. The number of carboxylic acids is 1. The van der Waals surface area contributed by atoms with Crippen LogP contribution < -0.4 is 10.6 Å². The number of carboxylic acid groups (broad SMARTS) is 1. The molecule has 0 spiro atoms. The average molecular weight is 487 g/mol. The Bertz CT molecular complexity index is 1050. The van der Waals surface area contributed by atoms with Gasteiger partial charge in [-0.3, -0.25) is 4.79 Å². The topological polar surface area (TPSA) is 121 Å². The van der Waals surface area contributed by atoms with E-state index in [2.05, 4.69) is 15.6 Å². The van der Waals surface area contributed by atoms with Gasteiger partial charge in [-0.25, -0.2) is 14.6 Å². The summed E-state index contributed by atoms with van der Waals surface area (Å²) in [6.07, 6.45) is 4.79. The lowest BCUT2D eigenvalue weighted by Gasteiger charge is -2.32. The number of pyridine rings is 1. The first kappa shape index (κ1) is 23.8. The number of anilines is 2. The highest BCUT2D eigenvalue weighted by Crippen LogP contribution is 2.30. The van der Waals surface area contributed by atoms with Gasteiger partial charge in [0, 0.05) is 25.2 Å². The van der Waals surface area contributed by atoms with Gasteiger partial charge >= 0.3 is 18.1 Å². The number of nitrogens with zero attached hydrogens (tertiary/aromatic N) is 2. The van der Waals surface area contributed by atoms with Crippen LogP contribution in [-0.4, -0.2) is 45.7 Å². The number of fused-ring (bicyclic) bond motifs is 1. The summed E-state index contributed by atoms with van der Waals surface area (Å²) in [5.74, 6) is -0.604. The molecule has 1 fully saturated rings. The van der Waals surface area contributed by atoms with E-state index in [0.717, 1.165) is 24.0 Å². The Balaban J connectivity index is 1.27. The summed E-state index contributed by atoms with van der Waals surface area (Å²) in [5, 5.41) is 14.8. The van der Waals surface area contributed by atoms with E-state index in [9.17, 15) is 14.4 Å². The number of aliphatic carboxylic acids is 1. The van der Waals surface area contributed by atoms with Crippen molar-refractivity contribution < 1.29 is 24.2 Å². The molecule has 4 rings (SSSR count). The lowest BCUT2D eigenvalue weighted by molar-refractivity contribution is -0.138. The van der Waals surface area contributed by atoms with Crippen LogP contribution in [0.5, 0.6) is 0 Å². The molecule has 9 nitrogen and oxygen atoms in total. The number of amides is 3. The van der Waals surface area contributed by atoms with E-state index >= 15 is 0 Å². The number of ether oxygens (including phenoxy) is 1. The van der Waals surface area contributed by atoms with Crippen molar-refractivity contribution in [2.75, 3.05) is 17.2 Å². The van der Waals surface area contributed by atoms with Gasteiger partial charge in [-0.1, -0.05) is 17.7 Å². The highest BCUT2D eigenvalue weighted by atomic mass is 35.5. The first-order valence-corrected chi connectivity index (χ1v) is 11.7. The van der Waals surface area contributed by atoms with Crippen LogP contribution in [0.2, 0.25) is 5.15 Å². The van der Waals surface area contributed by atoms with Gasteiger partial charge in [0.05, 0.1) is 11.9 Å². The molecule has 0 atom stereocenters. The zero-order valence-electron chi connectivity index (χ0n) is 18.6. The third kappa shape index (κ3) is 6.38. The molecule has 2 aromatic rings. The summed E-state index contributed by atoms with van der Waals surface area (Å²) in [6.45, 7) is 0.984. The molecule has 10 heteroatoms. The highest BCUT2D eigenvalue weighted by molar-refractivity contribution is 6.29. The molecule has 0 radical (unpaired) electrons. The fourth-order valence-electron chi connectivity index (χ4n) is 4.45. The summed E-state index contributed by atoms with van der Waals surface area (Å²) in [7, 11) is 0. The van der Waals surface area contributed by atoms with Crippen LogP contribution in [0.25, 0.3) is 0 Å². The first-order valence-electron chi connectivity index (χ1n) is 11.3. The lowest BCUT2D eigenvalue weighted by atomic mass is 9.85. The number of nitrogens with one attached hydrogen (secondary N) is 2. The number of rotatable bonds is 5. The maximum Gasteiger partial charge on any atom is 0.410 e. The van der Waals surface area contributed by atoms with E-state index < -0.39 is 5.97 Å². The summed E-state index contributed by atoms with van der Waals surface area (Å²) >= 11 is 5.75. The number of aromatic nitrogens is 1. The van der Waals surface area contributed by atoms with Gasteiger partial charge in [-0.2, -0.15) is 0 Å². The van der Waals surface area contributed by atoms with Crippen molar-refractivity contribution in [1.29, 1.82) is 0 Å². The van der Waals surface area contributed by atoms with Gasteiger partial charge in [0.15, 0.2) is 0 Å². The van der Waals surface area contributed by atoms with Gasteiger partial charge in [-0.15, -0.1) is 0 Å². The Morgan fingerprint density at radius 1 is 1.06 bits per heavy atom. The standard InChI is InChI=1S/C24H27ClN4O5/c25-21-8-5-19(13-26-21)28-23(32)27-18-4-3-17-14-29(10-9-16(17)12-18)24(33)34-20-6-1-15(2-7-20)11-22(30)31/h3-5,8,12-13,15,20H,1-2,6-7,9-11,14H2,(H,30,31)(H2,27,28,32). The molecule has 3 N–H and O–H groups in total. The van der Waals surface area contributed by atoms with Crippen LogP contribution in [0.4, 0.5) is 21.0 Å². The van der Waals surface area contributed by atoms with E-state index in [4.69, 9.17) is 21.4 Å². The monoisotopic (exact) mass is 486 g/mol. The molecule has 2 aliphatic rings. The van der Waals surface area contributed by atoms with Crippen LogP contribution >= 0.6 is 11.6 Å². The highest BCUT2D eigenvalue weighted by Gasteiger charge is 2.28. The Kier molecular flexibility index (Phi) is 7.52. The van der Waals surface area contributed by atoms with Crippen molar-refractivity contribution in [3.63, 3.8) is 0 Å². The Morgan fingerprint density at radius 2 is 1.79 bits per heavy atom. The molecular formula is C24H27ClN4O5. The first-order chi connectivity index (χ1) is 16.4. The van der Waals surface area contributed by atoms with Crippen molar-refractivity contribution in [1.82, 2.24) is 9.88 Å². The van der Waals surface area contributed by atoms with Crippen LogP contribution in [0, 0.1) is 5.92 Å². The fraction of sp³-hybridized carbons (Fsp3) is 0.417. The molecule has 3 amide bonds. The minimum absolute atomic E-state index is 0.153. The van der Waals surface area contributed by atoms with E-state index in [1.54, 1.807) is 23.1 Å². The van der Waals surface area contributed by atoms with E-state index in [1.807, 2.05) is 12.1 Å². The van der Waals surface area contributed by atoms with Crippen molar-refractivity contribution in [2.24, 2.45) is 5.92 Å². The fourth-order valence-corrected chi connectivity index (χ4v) is 4.56. The molecule has 0 unspecified atom stereocenters. The van der Waals surface area contributed by atoms with Crippen LogP contribution in [-0.2, 0) is 22.5 Å². The van der Waals surface area contributed by atoms with E-state index in [-0.39, 0.29) is 30.6 Å². The molecule has 1 aromatic carbocycles. The summed E-state index contributed by atoms with van der Waals surface area (Å²) in [6, 6.07) is 8.50. The second-order valence-corrected chi connectivity index (χ2v) is 9.12. The second-order valence-electron chi connectivity index (χ2n) is 8.73. The molecule has 180 valence electrons. The third-order valence-corrected chi connectivity index (χ3v) is 6.47. The molecule has 1 aliphatic carbocycles. The number of carbonyl (C=O) groups is 3. The van der Waals surface area contributed by atoms with Crippen LogP contribution in [0.3, 0.4) is 0 Å². The number of carbonyl (C=O) groups excluding carboxylic acids is 2. The van der Waals surface area contributed by atoms with Crippen LogP contribution in [0.1, 0.15) is 43.2 Å². The van der Waals surface area contributed by atoms with Crippen LogP contribution in [0.15, 0.2) is 36.5 Å². The maximum absolute atomic E-state index is 12.7. The Hall–Kier alpha value is -3.33. The molecule has 1 aliphatic heterocycles. The average Bonchev–Trinajstić information content (AvgIpc) is 2.81. The zero-order valence-corrected chi connectivity index (χ0v) is 19.4. The van der Waals surface area contributed by atoms with Crippen molar-refractivity contribution >= 4 is 41.1 Å². The Labute approximate surface area is 202 Å². The van der Waals surface area contributed by atoms with Crippen molar-refractivity contribution in [3.8, 4) is 0 Å². The number of hydrogen-bond donors (Lipinski definition) is 3. The number of benzene rings is 1. The number of urea groups is 1. The predicted octanol–water partition coefficient (Wildman–Crippen LogP) is 4.91. The van der Waals surface area contributed by atoms with Gasteiger partial charge in [0.25, 0.3) is 0 Å². The molecular weight excluding hydrogens is 460 g/mol. The summed E-state index contributed by atoms with van der Waals surface area (Å²) < 4.78 is 5.70. The molecule has 2 heterocycles. The van der Waals surface area contributed by atoms with Gasteiger partial charge in [-0.05, 0) is 73.4 Å². The lowest BCUT2D eigenvalue weighted by Crippen LogP contribution is -2.39. The number of hydrogen-bond acceptors (Lipinski definition) is 5. The number of halogens is 1. The largest absolute Gasteiger partial charge is 0.481 e. The van der Waals surface area contributed by atoms with Gasteiger partial charge in [0.2, 0.25) is 0 Å². The van der Waals surface area contributed by atoms with Crippen molar-refractivity contribution in [3.05, 3.63) is 52.8 Å². The maximum atomic E-state index is 12.7.